The highest BCUT2D eigenvalue weighted by Crippen LogP contribution is 2.38. The van der Waals surface area contributed by atoms with E-state index in [4.69, 9.17) is 19.2 Å². The smallest absolute Gasteiger partial charge is 0.269 e. The summed E-state index contributed by atoms with van der Waals surface area (Å²) in [4.78, 5) is 30.8. The van der Waals surface area contributed by atoms with Crippen LogP contribution in [0.4, 0.5) is 11.4 Å². The van der Waals surface area contributed by atoms with Gasteiger partial charge in [0.05, 0.1) is 38.8 Å². The zero-order valence-corrected chi connectivity index (χ0v) is 25.0. The molecule has 3 aromatic rings. The molecule has 9 nitrogen and oxygen atoms in total. The summed E-state index contributed by atoms with van der Waals surface area (Å²) in [6.07, 6.45) is 1.83. The van der Waals surface area contributed by atoms with Gasteiger partial charge >= 0.3 is 0 Å². The second kappa shape index (κ2) is 14.3. The third kappa shape index (κ3) is 7.61. The minimum atomic E-state index is -0.434. The average molecular weight is 674 g/mol. The highest BCUT2D eigenvalue weighted by molar-refractivity contribution is 14.1. The van der Waals surface area contributed by atoms with Crippen molar-refractivity contribution in [1.82, 2.24) is 4.90 Å². The van der Waals surface area contributed by atoms with Crippen molar-refractivity contribution in [3.63, 3.8) is 0 Å². The van der Waals surface area contributed by atoms with Gasteiger partial charge in [0.2, 0.25) is 0 Å². The lowest BCUT2D eigenvalue weighted by Crippen LogP contribution is -2.32. The highest BCUT2D eigenvalue weighted by atomic mass is 127. The van der Waals surface area contributed by atoms with Crippen LogP contribution in [-0.4, -0.2) is 47.3 Å². The van der Waals surface area contributed by atoms with Crippen LogP contribution in [0.25, 0.3) is 6.08 Å². The van der Waals surface area contributed by atoms with Gasteiger partial charge in [-0.2, -0.15) is 0 Å². The molecule has 40 heavy (non-hydrogen) atoms. The first-order valence-electron chi connectivity index (χ1n) is 12.6. The van der Waals surface area contributed by atoms with Crippen LogP contribution in [-0.2, 0) is 16.1 Å². The number of thioether (sulfide) groups is 1. The molecular weight excluding hydrogens is 645 g/mol. The Bertz CT molecular complexity index is 1410. The number of aliphatic imine (C=N–C) groups is 1. The quantitative estimate of drug-likeness (QED) is 0.0684. The number of hydrogen-bond donors (Lipinski definition) is 0. The molecule has 1 aliphatic rings. The number of carbonyl (C=O) groups is 1. The minimum Gasteiger partial charge on any atom is -0.490 e. The maximum Gasteiger partial charge on any atom is 0.269 e. The van der Waals surface area contributed by atoms with Crippen LogP contribution in [0, 0.1) is 13.7 Å². The molecule has 0 saturated carbocycles. The summed E-state index contributed by atoms with van der Waals surface area (Å²) < 4.78 is 18.3. The van der Waals surface area contributed by atoms with Crippen LogP contribution in [0.2, 0.25) is 0 Å². The van der Waals surface area contributed by atoms with Crippen molar-refractivity contribution in [2.24, 2.45) is 4.99 Å². The van der Waals surface area contributed by atoms with E-state index in [0.29, 0.717) is 47.9 Å². The normalized spacial score (nSPS) is 15.2. The number of amidine groups is 1. The van der Waals surface area contributed by atoms with Crippen LogP contribution in [0.15, 0.2) is 76.6 Å². The zero-order valence-electron chi connectivity index (χ0n) is 22.0. The largest absolute Gasteiger partial charge is 0.490 e. The second-order valence-corrected chi connectivity index (χ2v) is 10.6. The third-order valence-electron chi connectivity index (χ3n) is 5.69. The van der Waals surface area contributed by atoms with E-state index in [0.717, 1.165) is 20.4 Å². The second-order valence-electron chi connectivity index (χ2n) is 8.47. The Morgan fingerprint density at radius 3 is 2.48 bits per heavy atom. The first-order valence-corrected chi connectivity index (χ1v) is 14.5. The molecule has 0 radical (unpaired) electrons. The topological polar surface area (TPSA) is 104 Å². The standard InChI is InChI=1S/C29H28IN3O6S/c1-3-37-15-14-32-28(34)26(40-29(32)31-22-8-6-5-7-9-22)18-21-16-24(30)27(25(17-21)38-4-2)39-19-20-10-12-23(13-11-20)33(35)36/h5-13,16-18H,3-4,14-15,19H2,1-2H3/b26-18-,31-29?. The predicted octanol–water partition coefficient (Wildman–Crippen LogP) is 6.82. The first-order chi connectivity index (χ1) is 19.4. The van der Waals surface area contributed by atoms with Gasteiger partial charge in [0.1, 0.15) is 6.61 Å². The van der Waals surface area contributed by atoms with Crippen LogP contribution >= 0.6 is 34.4 Å². The maximum absolute atomic E-state index is 13.4. The molecule has 0 aliphatic carbocycles. The van der Waals surface area contributed by atoms with Crippen LogP contribution in [0.1, 0.15) is 25.0 Å². The van der Waals surface area contributed by atoms with Crippen LogP contribution < -0.4 is 9.47 Å². The fraction of sp³-hybridized carbons (Fsp3) is 0.241. The Balaban J connectivity index is 1.59. The lowest BCUT2D eigenvalue weighted by atomic mass is 10.1. The fourth-order valence-electron chi connectivity index (χ4n) is 3.80. The third-order valence-corrected chi connectivity index (χ3v) is 7.50. The van der Waals surface area contributed by atoms with E-state index in [1.807, 2.05) is 62.4 Å². The summed E-state index contributed by atoms with van der Waals surface area (Å²) in [7, 11) is 0. The van der Waals surface area contributed by atoms with E-state index >= 15 is 0 Å². The van der Waals surface area contributed by atoms with E-state index in [1.165, 1.54) is 23.9 Å². The summed E-state index contributed by atoms with van der Waals surface area (Å²) in [6, 6.07) is 19.5. The molecule has 0 bridgehead atoms. The van der Waals surface area contributed by atoms with Gasteiger partial charge in [-0.15, -0.1) is 0 Å². The van der Waals surface area contributed by atoms with E-state index in [2.05, 4.69) is 22.6 Å². The monoisotopic (exact) mass is 673 g/mol. The number of ether oxygens (including phenoxy) is 3. The van der Waals surface area contributed by atoms with Crippen molar-refractivity contribution >= 4 is 62.9 Å². The van der Waals surface area contributed by atoms with Crippen molar-refractivity contribution in [1.29, 1.82) is 0 Å². The number of para-hydroxylation sites is 1. The number of non-ortho nitro benzene ring substituents is 1. The molecular formula is C29H28IN3O6S. The minimum absolute atomic E-state index is 0.0264. The van der Waals surface area contributed by atoms with E-state index in [9.17, 15) is 14.9 Å². The number of hydrogen-bond acceptors (Lipinski definition) is 8. The van der Waals surface area contributed by atoms with Crippen molar-refractivity contribution in [2.45, 2.75) is 20.5 Å². The molecule has 208 valence electrons. The Morgan fingerprint density at radius 1 is 1.05 bits per heavy atom. The predicted molar refractivity (Wildman–Crippen MR) is 165 cm³/mol. The van der Waals surface area contributed by atoms with Gasteiger partial charge in [0.25, 0.3) is 11.6 Å². The van der Waals surface area contributed by atoms with Gasteiger partial charge in [-0.05, 0) is 102 Å². The summed E-state index contributed by atoms with van der Waals surface area (Å²) in [6.45, 7) is 5.84. The van der Waals surface area contributed by atoms with E-state index in [-0.39, 0.29) is 18.2 Å². The average Bonchev–Trinajstić information content (AvgIpc) is 3.22. The lowest BCUT2D eigenvalue weighted by molar-refractivity contribution is -0.384. The summed E-state index contributed by atoms with van der Waals surface area (Å²) >= 11 is 3.50. The lowest BCUT2D eigenvalue weighted by Gasteiger charge is -2.15. The number of benzene rings is 3. The van der Waals surface area contributed by atoms with Gasteiger partial charge in [0.15, 0.2) is 16.7 Å². The van der Waals surface area contributed by atoms with Crippen LogP contribution in [0.3, 0.4) is 0 Å². The molecule has 1 amide bonds. The molecule has 1 saturated heterocycles. The summed E-state index contributed by atoms with van der Waals surface area (Å²) in [5.74, 6) is 0.980. The molecule has 0 spiro atoms. The SMILES string of the molecule is CCOCCN1C(=O)/C(=C/c2cc(I)c(OCc3ccc([N+](=O)[O-])cc3)c(OCC)c2)SC1=Nc1ccccc1. The van der Waals surface area contributed by atoms with Crippen molar-refractivity contribution in [3.05, 3.63) is 96.4 Å². The molecule has 0 N–H and O–H groups in total. The summed E-state index contributed by atoms with van der Waals surface area (Å²) in [5.41, 5.74) is 2.37. The highest BCUT2D eigenvalue weighted by Gasteiger charge is 2.33. The van der Waals surface area contributed by atoms with Crippen molar-refractivity contribution in [3.8, 4) is 11.5 Å². The Morgan fingerprint density at radius 2 is 1.80 bits per heavy atom. The molecule has 4 rings (SSSR count). The molecule has 1 fully saturated rings. The van der Waals surface area contributed by atoms with Crippen molar-refractivity contribution < 1.29 is 23.9 Å². The van der Waals surface area contributed by atoms with Gasteiger partial charge in [-0.1, -0.05) is 18.2 Å². The number of halogens is 1. The van der Waals surface area contributed by atoms with Gasteiger partial charge < -0.3 is 14.2 Å². The molecule has 1 aliphatic heterocycles. The molecule has 0 atom stereocenters. The number of rotatable bonds is 12. The van der Waals surface area contributed by atoms with Gasteiger partial charge in [-0.25, -0.2) is 4.99 Å². The fourth-order valence-corrected chi connectivity index (χ4v) is 5.60. The molecule has 1 heterocycles. The van der Waals surface area contributed by atoms with Crippen LogP contribution in [0.5, 0.6) is 11.5 Å². The van der Waals surface area contributed by atoms with Crippen molar-refractivity contribution in [2.75, 3.05) is 26.4 Å². The Kier molecular flexibility index (Phi) is 10.6. The zero-order chi connectivity index (χ0) is 28.5. The molecule has 11 heteroatoms. The van der Waals surface area contributed by atoms with Gasteiger partial charge in [0, 0.05) is 18.7 Å². The molecule has 0 aromatic heterocycles. The molecule has 0 unspecified atom stereocenters. The number of carbonyl (C=O) groups excluding carboxylic acids is 1. The number of nitro groups is 1. The number of nitro benzene ring substituents is 1. The van der Waals surface area contributed by atoms with E-state index in [1.54, 1.807) is 17.0 Å². The van der Waals surface area contributed by atoms with E-state index < -0.39 is 4.92 Å². The molecule has 3 aromatic carbocycles. The van der Waals surface area contributed by atoms with Gasteiger partial charge in [-0.3, -0.25) is 19.8 Å². The number of amides is 1. The summed E-state index contributed by atoms with van der Waals surface area (Å²) in [5, 5.41) is 11.5. The Labute approximate surface area is 250 Å². The first kappa shape index (κ1) is 29.6. The Hall–Kier alpha value is -3.42. The maximum atomic E-state index is 13.4. The number of nitrogens with zero attached hydrogens (tertiary/aromatic N) is 3.